The van der Waals surface area contributed by atoms with Crippen LogP contribution in [0.3, 0.4) is 0 Å². The molecule has 2 aromatic rings. The maximum atomic E-state index is 5.56. The predicted molar refractivity (Wildman–Crippen MR) is 76.3 cm³/mol. The van der Waals surface area contributed by atoms with E-state index in [9.17, 15) is 0 Å². The third-order valence-corrected chi connectivity index (χ3v) is 3.19. The number of rotatable bonds is 4. The second-order valence-corrected chi connectivity index (χ2v) is 5.22. The van der Waals surface area contributed by atoms with Gasteiger partial charge in [0.1, 0.15) is 23.7 Å². The van der Waals surface area contributed by atoms with Crippen LogP contribution < -0.4 is 5.32 Å². The Kier molecular flexibility index (Phi) is 3.88. The second kappa shape index (κ2) is 5.43. The highest BCUT2D eigenvalue weighted by Crippen LogP contribution is 2.24. The Labute approximate surface area is 114 Å². The van der Waals surface area contributed by atoms with Crippen molar-refractivity contribution in [2.24, 2.45) is 0 Å². The number of nitrogens with zero attached hydrogens (tertiary/aromatic N) is 2. The number of hydrogen-bond acceptors (Lipinski definition) is 4. The highest BCUT2D eigenvalue weighted by molar-refractivity contribution is 5.40. The lowest BCUT2D eigenvalue weighted by Gasteiger charge is -2.14. The summed E-state index contributed by atoms with van der Waals surface area (Å²) >= 11 is 0. The molecule has 1 N–H and O–H groups in total. The highest BCUT2D eigenvalue weighted by Gasteiger charge is 2.13. The summed E-state index contributed by atoms with van der Waals surface area (Å²) in [5.41, 5.74) is 2.21. The molecule has 4 heteroatoms. The monoisotopic (exact) mass is 259 g/mol. The van der Waals surface area contributed by atoms with Gasteiger partial charge in [0.25, 0.3) is 0 Å². The standard InChI is InChI=1S/C15H21N3O/c1-9(2)14-7-15(17-8-16-14)18-11(4)13-6-10(3)19-12(13)5/h6-9,11H,1-5H3,(H,16,17,18). The van der Waals surface area contributed by atoms with Crippen LogP contribution in [0.4, 0.5) is 5.82 Å². The molecule has 0 aliphatic heterocycles. The van der Waals surface area contributed by atoms with Crippen LogP contribution >= 0.6 is 0 Å². The Morgan fingerprint density at radius 3 is 2.42 bits per heavy atom. The molecule has 0 saturated heterocycles. The molecule has 0 radical (unpaired) electrons. The fraction of sp³-hybridized carbons (Fsp3) is 0.467. The molecule has 2 rings (SSSR count). The van der Waals surface area contributed by atoms with Gasteiger partial charge >= 0.3 is 0 Å². The van der Waals surface area contributed by atoms with Gasteiger partial charge < -0.3 is 9.73 Å². The Balaban J connectivity index is 2.17. The van der Waals surface area contributed by atoms with E-state index in [0.717, 1.165) is 23.0 Å². The second-order valence-electron chi connectivity index (χ2n) is 5.22. The quantitative estimate of drug-likeness (QED) is 0.902. The molecule has 2 heterocycles. The summed E-state index contributed by atoms with van der Waals surface area (Å²) in [6.45, 7) is 10.3. The van der Waals surface area contributed by atoms with Gasteiger partial charge in [-0.15, -0.1) is 0 Å². The minimum absolute atomic E-state index is 0.160. The van der Waals surface area contributed by atoms with E-state index < -0.39 is 0 Å². The molecule has 1 unspecified atom stereocenters. The van der Waals surface area contributed by atoms with Crippen LogP contribution in [-0.4, -0.2) is 9.97 Å². The summed E-state index contributed by atoms with van der Waals surface area (Å²) in [4.78, 5) is 8.54. The Morgan fingerprint density at radius 2 is 1.84 bits per heavy atom. The minimum atomic E-state index is 0.160. The van der Waals surface area contributed by atoms with E-state index in [2.05, 4.69) is 42.1 Å². The average Bonchev–Trinajstić information content (AvgIpc) is 2.69. The highest BCUT2D eigenvalue weighted by atomic mass is 16.3. The van der Waals surface area contributed by atoms with Crippen LogP contribution in [0, 0.1) is 13.8 Å². The van der Waals surface area contributed by atoms with E-state index in [4.69, 9.17) is 4.42 Å². The van der Waals surface area contributed by atoms with Crippen molar-refractivity contribution in [3.8, 4) is 0 Å². The van der Waals surface area contributed by atoms with Crippen molar-refractivity contribution in [3.05, 3.63) is 41.2 Å². The lowest BCUT2D eigenvalue weighted by atomic mass is 10.1. The van der Waals surface area contributed by atoms with Gasteiger partial charge in [0.15, 0.2) is 0 Å². The van der Waals surface area contributed by atoms with Gasteiger partial charge in [-0.25, -0.2) is 9.97 Å². The first kappa shape index (κ1) is 13.6. The number of aryl methyl sites for hydroxylation is 2. The molecule has 0 spiro atoms. The first-order valence-corrected chi connectivity index (χ1v) is 6.62. The average molecular weight is 259 g/mol. The first-order valence-electron chi connectivity index (χ1n) is 6.62. The molecule has 0 aliphatic carbocycles. The molecule has 0 bridgehead atoms. The fourth-order valence-corrected chi connectivity index (χ4v) is 2.15. The van der Waals surface area contributed by atoms with Gasteiger partial charge in [0.2, 0.25) is 0 Å². The third kappa shape index (κ3) is 3.13. The SMILES string of the molecule is Cc1cc(C(C)Nc2cc(C(C)C)ncn2)c(C)o1. The molecule has 0 saturated carbocycles. The molecule has 0 aliphatic rings. The summed E-state index contributed by atoms with van der Waals surface area (Å²) in [7, 11) is 0. The molecule has 0 fully saturated rings. The van der Waals surface area contributed by atoms with E-state index >= 15 is 0 Å². The third-order valence-electron chi connectivity index (χ3n) is 3.19. The van der Waals surface area contributed by atoms with Gasteiger partial charge in [0.05, 0.1) is 6.04 Å². The van der Waals surface area contributed by atoms with E-state index in [1.165, 1.54) is 5.56 Å². The largest absolute Gasteiger partial charge is 0.466 e. The van der Waals surface area contributed by atoms with Crippen LogP contribution in [0.25, 0.3) is 0 Å². The van der Waals surface area contributed by atoms with Crippen molar-refractivity contribution in [1.82, 2.24) is 9.97 Å². The summed E-state index contributed by atoms with van der Waals surface area (Å²) in [6, 6.07) is 4.23. The fourth-order valence-electron chi connectivity index (χ4n) is 2.15. The molecule has 1 atom stereocenters. The lowest BCUT2D eigenvalue weighted by molar-refractivity contribution is 0.499. The van der Waals surface area contributed by atoms with Gasteiger partial charge in [-0.3, -0.25) is 0 Å². The molecule has 0 amide bonds. The number of aromatic nitrogens is 2. The summed E-state index contributed by atoms with van der Waals surface area (Å²) in [5, 5.41) is 3.40. The number of furan rings is 1. The first-order chi connectivity index (χ1) is 8.97. The maximum absolute atomic E-state index is 5.56. The van der Waals surface area contributed by atoms with E-state index in [1.54, 1.807) is 6.33 Å². The van der Waals surface area contributed by atoms with Crippen LogP contribution in [0.1, 0.15) is 55.5 Å². The van der Waals surface area contributed by atoms with Crippen molar-refractivity contribution < 1.29 is 4.42 Å². The van der Waals surface area contributed by atoms with E-state index in [-0.39, 0.29) is 6.04 Å². The zero-order valence-electron chi connectivity index (χ0n) is 12.2. The summed E-state index contributed by atoms with van der Waals surface area (Å²) < 4.78 is 5.56. The molecule has 4 nitrogen and oxygen atoms in total. The lowest BCUT2D eigenvalue weighted by Crippen LogP contribution is -2.09. The van der Waals surface area contributed by atoms with Crippen LogP contribution in [0.2, 0.25) is 0 Å². The molecular formula is C15H21N3O. The van der Waals surface area contributed by atoms with Crippen LogP contribution in [0.5, 0.6) is 0 Å². The van der Waals surface area contributed by atoms with Crippen molar-refractivity contribution in [3.63, 3.8) is 0 Å². The summed E-state index contributed by atoms with van der Waals surface area (Å²) in [5.74, 6) is 3.14. The number of nitrogens with one attached hydrogen (secondary N) is 1. The molecule has 19 heavy (non-hydrogen) atoms. The van der Waals surface area contributed by atoms with Crippen LogP contribution in [-0.2, 0) is 0 Å². The van der Waals surface area contributed by atoms with Gasteiger partial charge in [0, 0.05) is 17.3 Å². The normalized spacial score (nSPS) is 12.7. The van der Waals surface area contributed by atoms with Gasteiger partial charge in [-0.1, -0.05) is 13.8 Å². The smallest absolute Gasteiger partial charge is 0.130 e. The zero-order valence-corrected chi connectivity index (χ0v) is 12.2. The zero-order chi connectivity index (χ0) is 14.0. The Hall–Kier alpha value is -1.84. The Morgan fingerprint density at radius 1 is 1.11 bits per heavy atom. The van der Waals surface area contributed by atoms with E-state index in [1.807, 2.05) is 19.9 Å². The molecule has 102 valence electrons. The number of anilines is 1. The van der Waals surface area contributed by atoms with E-state index in [0.29, 0.717) is 5.92 Å². The number of hydrogen-bond donors (Lipinski definition) is 1. The van der Waals surface area contributed by atoms with Crippen molar-refractivity contribution >= 4 is 5.82 Å². The molecule has 2 aromatic heterocycles. The topological polar surface area (TPSA) is 51.0 Å². The molecular weight excluding hydrogens is 238 g/mol. The summed E-state index contributed by atoms with van der Waals surface area (Å²) in [6.07, 6.45) is 1.61. The minimum Gasteiger partial charge on any atom is -0.466 e. The van der Waals surface area contributed by atoms with Crippen LogP contribution in [0.15, 0.2) is 22.9 Å². The molecule has 0 aromatic carbocycles. The maximum Gasteiger partial charge on any atom is 0.130 e. The van der Waals surface area contributed by atoms with Crippen molar-refractivity contribution in [1.29, 1.82) is 0 Å². The van der Waals surface area contributed by atoms with Crippen molar-refractivity contribution in [2.45, 2.75) is 46.6 Å². The van der Waals surface area contributed by atoms with Gasteiger partial charge in [-0.05, 0) is 32.8 Å². The van der Waals surface area contributed by atoms with Gasteiger partial charge in [-0.2, -0.15) is 0 Å². The Bertz CT molecular complexity index is 560. The predicted octanol–water partition coefficient (Wildman–Crippen LogP) is 3.98. The van der Waals surface area contributed by atoms with Crippen molar-refractivity contribution in [2.75, 3.05) is 5.32 Å².